The quantitative estimate of drug-likeness (QED) is 0.187. The normalized spacial score (nSPS) is 17.6. The first-order valence-corrected chi connectivity index (χ1v) is 9.39. The Hall–Kier alpha value is -3.22. The minimum absolute atomic E-state index is 0.117. The number of nitrogens with two attached hydrogens (primary N) is 2. The molecule has 0 aromatic rings. The first kappa shape index (κ1) is 24.8. The van der Waals surface area contributed by atoms with Crippen molar-refractivity contribution in [3.8, 4) is 0 Å². The Labute approximate surface area is 172 Å². The van der Waals surface area contributed by atoms with Crippen LogP contribution < -0.4 is 22.1 Å². The standard InChI is InChI=1S/C17H27N5O8/c18-9(3-6-14(25)26)15(27)20-8-13(24)21-10(4-5-12(19)23)16(28)22-7-1-2-11(22)17(29)30/h9-11H,1-8,18H2,(H2,19,23)(H,20,27)(H,21,24)(H,25,26)(H,29,30). The summed E-state index contributed by atoms with van der Waals surface area (Å²) in [5.74, 6) is -5.13. The largest absolute Gasteiger partial charge is 0.481 e. The van der Waals surface area contributed by atoms with Crippen LogP contribution in [0.4, 0.5) is 0 Å². The third-order valence-corrected chi connectivity index (χ3v) is 4.56. The maximum absolute atomic E-state index is 12.7. The number of primary amides is 1. The van der Waals surface area contributed by atoms with Crippen molar-refractivity contribution in [1.82, 2.24) is 15.5 Å². The van der Waals surface area contributed by atoms with Crippen LogP contribution in [0.25, 0.3) is 0 Å². The number of carboxylic acid groups (broad SMARTS) is 2. The van der Waals surface area contributed by atoms with E-state index in [1.165, 1.54) is 0 Å². The van der Waals surface area contributed by atoms with Gasteiger partial charge < -0.3 is 37.2 Å². The van der Waals surface area contributed by atoms with Gasteiger partial charge in [0, 0.05) is 19.4 Å². The number of hydrogen-bond acceptors (Lipinski definition) is 7. The molecule has 1 heterocycles. The van der Waals surface area contributed by atoms with Gasteiger partial charge in [0.2, 0.25) is 23.6 Å². The molecule has 0 aromatic heterocycles. The second kappa shape index (κ2) is 11.7. The molecule has 3 unspecified atom stereocenters. The number of amides is 4. The van der Waals surface area contributed by atoms with Gasteiger partial charge in [-0.3, -0.25) is 24.0 Å². The van der Waals surface area contributed by atoms with E-state index in [0.717, 1.165) is 4.90 Å². The number of nitrogens with zero attached hydrogens (tertiary/aromatic N) is 1. The fourth-order valence-corrected chi connectivity index (χ4v) is 2.99. The van der Waals surface area contributed by atoms with Crippen LogP contribution >= 0.6 is 0 Å². The molecule has 8 N–H and O–H groups in total. The third kappa shape index (κ3) is 8.03. The van der Waals surface area contributed by atoms with Crippen LogP contribution in [0.1, 0.15) is 38.5 Å². The van der Waals surface area contributed by atoms with Gasteiger partial charge in [-0.05, 0) is 25.7 Å². The van der Waals surface area contributed by atoms with Gasteiger partial charge in [-0.1, -0.05) is 0 Å². The van der Waals surface area contributed by atoms with Crippen molar-refractivity contribution in [1.29, 1.82) is 0 Å². The van der Waals surface area contributed by atoms with E-state index in [1.54, 1.807) is 0 Å². The Bertz CT molecular complexity index is 698. The van der Waals surface area contributed by atoms with Crippen LogP contribution in [0.15, 0.2) is 0 Å². The van der Waals surface area contributed by atoms with E-state index >= 15 is 0 Å². The molecule has 1 saturated heterocycles. The highest BCUT2D eigenvalue weighted by Crippen LogP contribution is 2.19. The minimum Gasteiger partial charge on any atom is -0.481 e. The number of carboxylic acids is 2. The topological polar surface area (TPSA) is 222 Å². The lowest BCUT2D eigenvalue weighted by molar-refractivity contribution is -0.149. The fraction of sp³-hybridized carbons (Fsp3) is 0.647. The average molecular weight is 429 g/mol. The maximum Gasteiger partial charge on any atom is 0.326 e. The summed E-state index contributed by atoms with van der Waals surface area (Å²) < 4.78 is 0. The lowest BCUT2D eigenvalue weighted by Crippen LogP contribution is -2.54. The molecule has 0 saturated carbocycles. The zero-order valence-electron chi connectivity index (χ0n) is 16.3. The molecule has 1 rings (SSSR count). The van der Waals surface area contributed by atoms with Crippen LogP contribution in [0.2, 0.25) is 0 Å². The molecule has 30 heavy (non-hydrogen) atoms. The minimum atomic E-state index is -1.19. The van der Waals surface area contributed by atoms with E-state index in [4.69, 9.17) is 16.6 Å². The predicted octanol–water partition coefficient (Wildman–Crippen LogP) is -2.88. The third-order valence-electron chi connectivity index (χ3n) is 4.56. The molecule has 4 amide bonds. The summed E-state index contributed by atoms with van der Waals surface area (Å²) >= 11 is 0. The van der Waals surface area contributed by atoms with Crippen LogP contribution in [0, 0.1) is 0 Å². The van der Waals surface area contributed by atoms with Crippen molar-refractivity contribution in [3.63, 3.8) is 0 Å². The molecule has 13 nitrogen and oxygen atoms in total. The zero-order valence-corrected chi connectivity index (χ0v) is 16.3. The Balaban J connectivity index is 2.68. The Kier molecular flexibility index (Phi) is 9.68. The molecule has 0 spiro atoms. The van der Waals surface area contributed by atoms with E-state index in [2.05, 4.69) is 10.6 Å². The molecule has 3 atom stereocenters. The van der Waals surface area contributed by atoms with Crippen LogP contribution in [0.3, 0.4) is 0 Å². The van der Waals surface area contributed by atoms with Gasteiger partial charge in [0.25, 0.3) is 0 Å². The van der Waals surface area contributed by atoms with E-state index in [1.807, 2.05) is 0 Å². The highest BCUT2D eigenvalue weighted by Gasteiger charge is 2.37. The lowest BCUT2D eigenvalue weighted by Gasteiger charge is -2.27. The lowest BCUT2D eigenvalue weighted by atomic mass is 10.1. The molecule has 0 aromatic carbocycles. The Morgan fingerprint density at radius 1 is 1.07 bits per heavy atom. The van der Waals surface area contributed by atoms with Crippen molar-refractivity contribution >= 4 is 35.6 Å². The van der Waals surface area contributed by atoms with Crippen LogP contribution in [0.5, 0.6) is 0 Å². The summed E-state index contributed by atoms with van der Waals surface area (Å²) in [6.45, 7) is -0.337. The Morgan fingerprint density at radius 3 is 2.30 bits per heavy atom. The number of rotatable bonds is 12. The molecule has 13 heteroatoms. The summed E-state index contributed by atoms with van der Waals surface area (Å²) in [4.78, 5) is 70.7. The van der Waals surface area contributed by atoms with Crippen molar-refractivity contribution in [2.24, 2.45) is 11.5 Å². The van der Waals surface area contributed by atoms with Crippen LogP contribution in [-0.2, 0) is 28.8 Å². The SMILES string of the molecule is NC(=O)CCC(NC(=O)CNC(=O)C(N)CCC(=O)O)C(=O)N1CCCC1C(=O)O. The summed E-state index contributed by atoms with van der Waals surface area (Å²) in [6.07, 6.45) is -0.00602. The monoisotopic (exact) mass is 429 g/mol. The van der Waals surface area contributed by atoms with Gasteiger partial charge in [-0.25, -0.2) is 4.79 Å². The van der Waals surface area contributed by atoms with Gasteiger partial charge in [-0.15, -0.1) is 0 Å². The average Bonchev–Trinajstić information content (AvgIpc) is 3.16. The van der Waals surface area contributed by atoms with Gasteiger partial charge in [0.15, 0.2) is 0 Å². The summed E-state index contributed by atoms with van der Waals surface area (Å²) in [5.41, 5.74) is 10.6. The smallest absolute Gasteiger partial charge is 0.326 e. The highest BCUT2D eigenvalue weighted by atomic mass is 16.4. The van der Waals surface area contributed by atoms with E-state index in [-0.39, 0.29) is 38.6 Å². The van der Waals surface area contributed by atoms with Crippen molar-refractivity contribution in [2.75, 3.05) is 13.1 Å². The molecule has 168 valence electrons. The number of carbonyl (C=O) groups is 6. The molecular formula is C17H27N5O8. The molecule has 1 aliphatic heterocycles. The first-order valence-electron chi connectivity index (χ1n) is 9.39. The maximum atomic E-state index is 12.7. The molecule has 1 aliphatic rings. The van der Waals surface area contributed by atoms with Gasteiger partial charge in [-0.2, -0.15) is 0 Å². The van der Waals surface area contributed by atoms with E-state index < -0.39 is 60.2 Å². The highest BCUT2D eigenvalue weighted by molar-refractivity contribution is 5.93. The van der Waals surface area contributed by atoms with E-state index in [0.29, 0.717) is 6.42 Å². The van der Waals surface area contributed by atoms with Crippen molar-refractivity contribution in [3.05, 3.63) is 0 Å². The zero-order chi connectivity index (χ0) is 22.8. The van der Waals surface area contributed by atoms with Gasteiger partial charge >= 0.3 is 11.9 Å². The number of nitrogens with one attached hydrogen (secondary N) is 2. The molecule has 0 radical (unpaired) electrons. The number of likely N-dealkylation sites (tertiary alicyclic amines) is 1. The summed E-state index contributed by atoms with van der Waals surface area (Å²) in [5, 5.41) is 22.4. The summed E-state index contributed by atoms with van der Waals surface area (Å²) in [7, 11) is 0. The van der Waals surface area contributed by atoms with Gasteiger partial charge in [0.05, 0.1) is 12.6 Å². The van der Waals surface area contributed by atoms with Crippen molar-refractivity contribution in [2.45, 2.75) is 56.7 Å². The van der Waals surface area contributed by atoms with Gasteiger partial charge in [0.1, 0.15) is 12.1 Å². The molecule has 0 aliphatic carbocycles. The summed E-state index contributed by atoms with van der Waals surface area (Å²) in [6, 6.07) is -3.33. The molecule has 1 fully saturated rings. The Morgan fingerprint density at radius 2 is 1.73 bits per heavy atom. The fourth-order valence-electron chi connectivity index (χ4n) is 2.99. The number of hydrogen-bond donors (Lipinski definition) is 6. The first-order chi connectivity index (χ1) is 14.0. The predicted molar refractivity (Wildman–Crippen MR) is 101 cm³/mol. The van der Waals surface area contributed by atoms with Crippen LogP contribution in [-0.4, -0.2) is 81.9 Å². The van der Waals surface area contributed by atoms with E-state index in [9.17, 15) is 33.9 Å². The molecule has 0 bridgehead atoms. The van der Waals surface area contributed by atoms with Crippen molar-refractivity contribution < 1.29 is 39.0 Å². The molecular weight excluding hydrogens is 402 g/mol. The second-order valence-corrected chi connectivity index (χ2v) is 6.91. The number of carbonyl (C=O) groups excluding carboxylic acids is 4. The number of aliphatic carboxylic acids is 2. The second-order valence-electron chi connectivity index (χ2n) is 6.91.